The molecule has 5 nitrogen and oxygen atoms in total. The first-order chi connectivity index (χ1) is 14.0. The molecule has 0 bridgehead atoms. The minimum Gasteiger partial charge on any atom is -0.484 e. The van der Waals surface area contributed by atoms with Crippen LogP contribution in [-0.4, -0.2) is 43.0 Å². The fraction of sp³-hybridized carbons (Fsp3) is 0.364. The molecule has 1 saturated carbocycles. The first kappa shape index (κ1) is 20.0. The molecule has 0 radical (unpaired) electrons. The summed E-state index contributed by atoms with van der Waals surface area (Å²) in [6.45, 7) is 1.90. The van der Waals surface area contributed by atoms with Crippen LogP contribution >= 0.6 is 23.2 Å². The molecule has 1 heterocycles. The number of likely N-dealkylation sites (tertiary alicyclic amines) is 1. The molecule has 2 fully saturated rings. The Balaban J connectivity index is 1.13. The number of halogens is 2. The second kappa shape index (κ2) is 8.64. The van der Waals surface area contributed by atoms with E-state index in [1.165, 1.54) is 5.56 Å². The molecule has 0 aromatic heterocycles. The lowest BCUT2D eigenvalue weighted by Crippen LogP contribution is -2.54. The summed E-state index contributed by atoms with van der Waals surface area (Å²) in [6.07, 6.45) is 0.903. The minimum atomic E-state index is -0.172. The van der Waals surface area contributed by atoms with E-state index in [0.717, 1.165) is 6.42 Å². The number of nitrogens with zero attached hydrogens (tertiary/aromatic N) is 1. The van der Waals surface area contributed by atoms with Gasteiger partial charge >= 0.3 is 0 Å². The third-order valence-electron chi connectivity index (χ3n) is 5.45. The van der Waals surface area contributed by atoms with E-state index >= 15 is 0 Å². The minimum absolute atomic E-state index is 0.0398. The standard InChI is InChI=1S/C22H22Cl2N2O3/c23-16-3-1-15(2-4-16)19-9-20(19)22(28)26-11-14(12-26)10-25-21(27)13-29-18-7-5-17(24)6-8-18/h1-8,14,19-20H,9-13H2,(H,25,27). The molecule has 0 spiro atoms. The van der Waals surface area contributed by atoms with E-state index in [1.807, 2.05) is 29.2 Å². The maximum Gasteiger partial charge on any atom is 0.257 e. The number of carbonyl (C=O) groups is 2. The van der Waals surface area contributed by atoms with Crippen molar-refractivity contribution in [1.82, 2.24) is 10.2 Å². The highest BCUT2D eigenvalue weighted by atomic mass is 35.5. The van der Waals surface area contributed by atoms with Gasteiger partial charge in [0.05, 0.1) is 0 Å². The number of nitrogens with one attached hydrogen (secondary N) is 1. The van der Waals surface area contributed by atoms with Crippen molar-refractivity contribution >= 4 is 35.0 Å². The molecule has 2 aromatic rings. The number of amides is 2. The van der Waals surface area contributed by atoms with Crippen molar-refractivity contribution in [3.8, 4) is 5.75 Å². The van der Waals surface area contributed by atoms with Gasteiger partial charge in [-0.05, 0) is 54.3 Å². The Bertz CT molecular complexity index is 880. The molecule has 1 aliphatic heterocycles. The summed E-state index contributed by atoms with van der Waals surface area (Å²) in [5, 5.41) is 4.20. The lowest BCUT2D eigenvalue weighted by molar-refractivity contribution is -0.139. The van der Waals surface area contributed by atoms with Gasteiger partial charge in [0.2, 0.25) is 5.91 Å². The Morgan fingerprint density at radius 3 is 2.28 bits per heavy atom. The van der Waals surface area contributed by atoms with Gasteiger partial charge in [-0.25, -0.2) is 0 Å². The summed E-state index contributed by atoms with van der Waals surface area (Å²) in [5.41, 5.74) is 1.18. The van der Waals surface area contributed by atoms with Crippen LogP contribution < -0.4 is 10.1 Å². The van der Waals surface area contributed by atoms with E-state index in [2.05, 4.69) is 5.32 Å². The summed E-state index contributed by atoms with van der Waals surface area (Å²) in [7, 11) is 0. The van der Waals surface area contributed by atoms with E-state index < -0.39 is 0 Å². The van der Waals surface area contributed by atoms with Crippen LogP contribution in [0.4, 0.5) is 0 Å². The van der Waals surface area contributed by atoms with Gasteiger partial charge in [0.25, 0.3) is 5.91 Å². The van der Waals surface area contributed by atoms with Crippen LogP contribution in [0.2, 0.25) is 10.0 Å². The van der Waals surface area contributed by atoms with Crippen LogP contribution in [0, 0.1) is 11.8 Å². The lowest BCUT2D eigenvalue weighted by Gasteiger charge is -2.39. The van der Waals surface area contributed by atoms with E-state index in [-0.39, 0.29) is 24.3 Å². The first-order valence-corrected chi connectivity index (χ1v) is 10.4. The summed E-state index contributed by atoms with van der Waals surface area (Å²) in [5.74, 6) is 1.34. The van der Waals surface area contributed by atoms with E-state index in [4.69, 9.17) is 27.9 Å². The number of ether oxygens (including phenoxy) is 1. The Morgan fingerprint density at radius 2 is 1.62 bits per heavy atom. The van der Waals surface area contributed by atoms with Crippen LogP contribution in [0.3, 0.4) is 0 Å². The molecular formula is C22H22Cl2N2O3. The van der Waals surface area contributed by atoms with Crippen molar-refractivity contribution in [2.24, 2.45) is 11.8 Å². The number of hydrogen-bond donors (Lipinski definition) is 1. The summed E-state index contributed by atoms with van der Waals surface area (Å²) in [4.78, 5) is 26.4. The van der Waals surface area contributed by atoms with Gasteiger partial charge in [-0.1, -0.05) is 35.3 Å². The average Bonchev–Trinajstić information content (AvgIpc) is 3.47. The van der Waals surface area contributed by atoms with Crippen LogP contribution in [0.5, 0.6) is 5.75 Å². The third-order valence-corrected chi connectivity index (χ3v) is 5.95. The zero-order chi connectivity index (χ0) is 20.4. The monoisotopic (exact) mass is 432 g/mol. The van der Waals surface area contributed by atoms with E-state index in [1.54, 1.807) is 24.3 Å². The highest BCUT2D eigenvalue weighted by molar-refractivity contribution is 6.30. The smallest absolute Gasteiger partial charge is 0.257 e. The molecule has 2 aromatic carbocycles. The molecule has 29 heavy (non-hydrogen) atoms. The lowest BCUT2D eigenvalue weighted by atomic mass is 9.98. The Morgan fingerprint density at radius 1 is 1.00 bits per heavy atom. The quantitative estimate of drug-likeness (QED) is 0.724. The van der Waals surface area contributed by atoms with Crippen LogP contribution in [0.1, 0.15) is 17.9 Å². The molecule has 1 saturated heterocycles. The van der Waals surface area contributed by atoms with Crippen molar-refractivity contribution in [2.45, 2.75) is 12.3 Å². The van der Waals surface area contributed by atoms with Crippen molar-refractivity contribution in [3.05, 3.63) is 64.1 Å². The molecule has 2 atom stereocenters. The Labute approximate surface area is 179 Å². The molecule has 1 N–H and O–H groups in total. The van der Waals surface area contributed by atoms with Gasteiger partial charge in [-0.15, -0.1) is 0 Å². The Hall–Kier alpha value is -2.24. The summed E-state index contributed by atoms with van der Waals surface area (Å²) >= 11 is 11.7. The number of benzene rings is 2. The topological polar surface area (TPSA) is 58.6 Å². The maximum absolute atomic E-state index is 12.6. The largest absolute Gasteiger partial charge is 0.484 e. The summed E-state index contributed by atoms with van der Waals surface area (Å²) < 4.78 is 5.42. The fourth-order valence-corrected chi connectivity index (χ4v) is 3.90. The molecule has 2 aliphatic rings. The van der Waals surface area contributed by atoms with Crippen molar-refractivity contribution < 1.29 is 14.3 Å². The molecule has 2 amide bonds. The van der Waals surface area contributed by atoms with Crippen molar-refractivity contribution in [1.29, 1.82) is 0 Å². The summed E-state index contributed by atoms with van der Waals surface area (Å²) in [6, 6.07) is 14.6. The van der Waals surface area contributed by atoms with Gasteiger partial charge in [0.1, 0.15) is 5.75 Å². The predicted octanol–water partition coefficient (Wildman–Crippen LogP) is 3.75. The van der Waals surface area contributed by atoms with Crippen molar-refractivity contribution in [2.75, 3.05) is 26.2 Å². The Kier molecular flexibility index (Phi) is 5.97. The third kappa shape index (κ3) is 5.03. The van der Waals surface area contributed by atoms with Gasteiger partial charge in [-0.2, -0.15) is 0 Å². The molecule has 1 aliphatic carbocycles. The fourth-order valence-electron chi connectivity index (χ4n) is 3.65. The molecule has 152 valence electrons. The van der Waals surface area contributed by atoms with Crippen LogP contribution in [0.15, 0.2) is 48.5 Å². The van der Waals surface area contributed by atoms with E-state index in [9.17, 15) is 9.59 Å². The average molecular weight is 433 g/mol. The highest BCUT2D eigenvalue weighted by Crippen LogP contribution is 2.49. The second-order valence-electron chi connectivity index (χ2n) is 7.66. The normalized spacial score (nSPS) is 20.7. The van der Waals surface area contributed by atoms with Crippen molar-refractivity contribution in [3.63, 3.8) is 0 Å². The van der Waals surface area contributed by atoms with Gasteiger partial charge in [-0.3, -0.25) is 9.59 Å². The molecular weight excluding hydrogens is 411 g/mol. The maximum atomic E-state index is 12.6. The molecule has 2 unspecified atom stereocenters. The second-order valence-corrected chi connectivity index (χ2v) is 8.53. The predicted molar refractivity (Wildman–Crippen MR) is 112 cm³/mol. The van der Waals surface area contributed by atoms with Crippen LogP contribution in [0.25, 0.3) is 0 Å². The number of hydrogen-bond acceptors (Lipinski definition) is 3. The zero-order valence-electron chi connectivity index (χ0n) is 15.8. The van der Waals surface area contributed by atoms with Gasteiger partial charge in [0, 0.05) is 41.5 Å². The zero-order valence-corrected chi connectivity index (χ0v) is 17.3. The highest BCUT2D eigenvalue weighted by Gasteiger charge is 2.47. The number of rotatable bonds is 7. The van der Waals surface area contributed by atoms with Crippen LogP contribution in [-0.2, 0) is 9.59 Å². The van der Waals surface area contributed by atoms with Gasteiger partial charge < -0.3 is 15.0 Å². The molecule has 7 heteroatoms. The molecule has 4 rings (SSSR count). The first-order valence-electron chi connectivity index (χ1n) is 9.69. The van der Waals surface area contributed by atoms with E-state index in [0.29, 0.717) is 47.3 Å². The van der Waals surface area contributed by atoms with Gasteiger partial charge in [0.15, 0.2) is 6.61 Å². The SMILES string of the molecule is O=C(COc1ccc(Cl)cc1)NCC1CN(C(=O)C2CC2c2ccc(Cl)cc2)C1. The number of carbonyl (C=O) groups excluding carboxylic acids is 2.